The number of thiocarbonyl (C=S) groups is 1. The summed E-state index contributed by atoms with van der Waals surface area (Å²) in [7, 11) is 3.31. The molecule has 0 fully saturated rings. The van der Waals surface area contributed by atoms with E-state index >= 15 is 0 Å². The Morgan fingerprint density at radius 1 is 1.05 bits per heavy atom. The lowest BCUT2D eigenvalue weighted by atomic mass is 10.1. The van der Waals surface area contributed by atoms with Crippen molar-refractivity contribution in [2.75, 3.05) is 26.1 Å². The molecule has 1 rings (SSSR count). The Morgan fingerprint density at radius 3 is 2.36 bits per heavy atom. The predicted molar refractivity (Wildman–Crippen MR) is 97.3 cm³/mol. The van der Waals surface area contributed by atoms with Crippen molar-refractivity contribution in [2.24, 2.45) is 0 Å². The summed E-state index contributed by atoms with van der Waals surface area (Å²) in [6.07, 6.45) is 6.24. The molecule has 0 radical (unpaired) electrons. The second kappa shape index (κ2) is 10.3. The van der Waals surface area contributed by atoms with Crippen LogP contribution in [0.25, 0.3) is 0 Å². The van der Waals surface area contributed by atoms with Gasteiger partial charge >= 0.3 is 0 Å². The molecule has 0 saturated heterocycles. The van der Waals surface area contributed by atoms with Gasteiger partial charge in [-0.3, -0.25) is 0 Å². The summed E-state index contributed by atoms with van der Waals surface area (Å²) in [6.45, 7) is 5.10. The highest BCUT2D eigenvalue weighted by Gasteiger charge is 2.09. The van der Waals surface area contributed by atoms with E-state index in [0.29, 0.717) is 5.11 Å². The van der Waals surface area contributed by atoms with Gasteiger partial charge in [0.05, 0.1) is 19.9 Å². The van der Waals surface area contributed by atoms with Crippen LogP contribution in [0.5, 0.6) is 11.5 Å². The molecule has 5 heteroatoms. The minimum absolute atomic E-state index is 0.611. The van der Waals surface area contributed by atoms with Gasteiger partial charge in [-0.05, 0) is 37.2 Å². The fourth-order valence-electron chi connectivity index (χ4n) is 2.25. The largest absolute Gasteiger partial charge is 0.496 e. The molecule has 0 unspecified atom stereocenters. The number of unbranched alkanes of at least 4 members (excludes halogenated alkanes) is 4. The summed E-state index contributed by atoms with van der Waals surface area (Å²) in [5, 5.41) is 7.03. The van der Waals surface area contributed by atoms with E-state index in [2.05, 4.69) is 17.6 Å². The maximum atomic E-state index is 5.39. The summed E-state index contributed by atoms with van der Waals surface area (Å²) in [5.41, 5.74) is 1.84. The van der Waals surface area contributed by atoms with E-state index in [9.17, 15) is 0 Å². The lowest BCUT2D eigenvalue weighted by Crippen LogP contribution is -2.29. The van der Waals surface area contributed by atoms with Crippen molar-refractivity contribution in [3.63, 3.8) is 0 Å². The second-order valence-electron chi connectivity index (χ2n) is 5.32. The number of rotatable bonds is 9. The number of nitrogens with one attached hydrogen (secondary N) is 2. The third kappa shape index (κ3) is 6.10. The van der Waals surface area contributed by atoms with Gasteiger partial charge < -0.3 is 20.1 Å². The molecule has 0 aliphatic rings. The van der Waals surface area contributed by atoms with Crippen molar-refractivity contribution < 1.29 is 9.47 Å². The van der Waals surface area contributed by atoms with Crippen LogP contribution in [0, 0.1) is 6.92 Å². The number of hydrogen-bond acceptors (Lipinski definition) is 3. The minimum Gasteiger partial charge on any atom is -0.496 e. The van der Waals surface area contributed by atoms with Gasteiger partial charge in [0.15, 0.2) is 5.11 Å². The number of hydrogen-bond donors (Lipinski definition) is 2. The van der Waals surface area contributed by atoms with Crippen molar-refractivity contribution in [2.45, 2.75) is 46.0 Å². The van der Waals surface area contributed by atoms with Crippen LogP contribution in [0.2, 0.25) is 0 Å². The number of ether oxygens (including phenoxy) is 2. The van der Waals surface area contributed by atoms with E-state index in [0.717, 1.165) is 35.7 Å². The van der Waals surface area contributed by atoms with Crippen molar-refractivity contribution in [3.05, 3.63) is 17.7 Å². The van der Waals surface area contributed by atoms with E-state index in [4.69, 9.17) is 21.7 Å². The Kier molecular flexibility index (Phi) is 8.67. The number of aryl methyl sites for hydroxylation is 1. The average molecular weight is 324 g/mol. The summed E-state index contributed by atoms with van der Waals surface area (Å²) in [4.78, 5) is 0. The first-order chi connectivity index (χ1) is 10.6. The molecule has 0 bridgehead atoms. The van der Waals surface area contributed by atoms with E-state index in [1.807, 2.05) is 19.1 Å². The fourth-order valence-corrected chi connectivity index (χ4v) is 2.46. The van der Waals surface area contributed by atoms with Crippen molar-refractivity contribution in [1.82, 2.24) is 5.32 Å². The SMILES string of the molecule is CCCCCCCNC(=S)Nc1cc(OC)c(C)cc1OC. The van der Waals surface area contributed by atoms with E-state index in [-0.39, 0.29) is 0 Å². The number of methoxy groups -OCH3 is 2. The van der Waals surface area contributed by atoms with Crippen molar-refractivity contribution in [3.8, 4) is 11.5 Å². The Bertz CT molecular complexity index is 478. The topological polar surface area (TPSA) is 42.5 Å². The Morgan fingerprint density at radius 2 is 1.73 bits per heavy atom. The van der Waals surface area contributed by atoms with Gasteiger partial charge in [-0.1, -0.05) is 32.6 Å². The molecule has 0 aromatic heterocycles. The summed E-state index contributed by atoms with van der Waals surface area (Å²) in [6, 6.07) is 3.85. The molecule has 124 valence electrons. The molecule has 0 saturated carbocycles. The highest BCUT2D eigenvalue weighted by atomic mass is 32.1. The molecule has 2 N–H and O–H groups in total. The zero-order valence-electron chi connectivity index (χ0n) is 14.1. The molecule has 0 aliphatic carbocycles. The highest BCUT2D eigenvalue weighted by molar-refractivity contribution is 7.80. The van der Waals surface area contributed by atoms with Crippen LogP contribution in [0.3, 0.4) is 0 Å². The quantitative estimate of drug-likeness (QED) is 0.524. The first-order valence-electron chi connectivity index (χ1n) is 7.89. The zero-order chi connectivity index (χ0) is 16.4. The van der Waals surface area contributed by atoms with Crippen molar-refractivity contribution in [1.29, 1.82) is 0 Å². The Balaban J connectivity index is 2.49. The molecule has 1 aromatic rings. The van der Waals surface area contributed by atoms with Gasteiger partial charge in [-0.25, -0.2) is 0 Å². The standard InChI is InChI=1S/C17H28N2O2S/c1-5-6-7-8-9-10-18-17(22)19-14-12-15(20-3)13(2)11-16(14)21-4/h11-12H,5-10H2,1-4H3,(H2,18,19,22). The van der Waals surface area contributed by atoms with Crippen molar-refractivity contribution >= 4 is 23.0 Å². The summed E-state index contributed by atoms with van der Waals surface area (Å²) in [5.74, 6) is 1.57. The normalized spacial score (nSPS) is 10.2. The minimum atomic E-state index is 0.611. The first kappa shape index (κ1) is 18.6. The van der Waals surface area contributed by atoms with Crippen LogP contribution < -0.4 is 20.1 Å². The predicted octanol–water partition coefficient (Wildman–Crippen LogP) is 4.27. The molecule has 4 nitrogen and oxygen atoms in total. The van der Waals surface area contributed by atoms with Crippen LogP contribution in [-0.2, 0) is 0 Å². The molecule has 0 atom stereocenters. The van der Waals surface area contributed by atoms with Crippen LogP contribution >= 0.6 is 12.2 Å². The van der Waals surface area contributed by atoms with Crippen LogP contribution in [0.15, 0.2) is 12.1 Å². The second-order valence-corrected chi connectivity index (χ2v) is 5.73. The maximum absolute atomic E-state index is 5.39. The molecular weight excluding hydrogens is 296 g/mol. The van der Waals surface area contributed by atoms with Gasteiger partial charge in [-0.15, -0.1) is 0 Å². The smallest absolute Gasteiger partial charge is 0.170 e. The molecule has 0 aliphatic heterocycles. The third-order valence-electron chi connectivity index (χ3n) is 3.53. The van der Waals surface area contributed by atoms with Crippen LogP contribution in [0.1, 0.15) is 44.6 Å². The number of anilines is 1. The fraction of sp³-hybridized carbons (Fsp3) is 0.588. The van der Waals surface area contributed by atoms with Gasteiger partial charge in [0.2, 0.25) is 0 Å². The van der Waals surface area contributed by atoms with Crippen LogP contribution in [-0.4, -0.2) is 25.9 Å². The lowest BCUT2D eigenvalue weighted by Gasteiger charge is -2.16. The lowest BCUT2D eigenvalue weighted by molar-refractivity contribution is 0.402. The molecule has 1 aromatic carbocycles. The first-order valence-corrected chi connectivity index (χ1v) is 8.30. The maximum Gasteiger partial charge on any atom is 0.170 e. The molecular formula is C17H28N2O2S. The zero-order valence-corrected chi connectivity index (χ0v) is 14.9. The van der Waals surface area contributed by atoms with Gasteiger partial charge in [0.1, 0.15) is 11.5 Å². The van der Waals surface area contributed by atoms with Gasteiger partial charge in [0, 0.05) is 12.6 Å². The van der Waals surface area contributed by atoms with E-state index in [1.165, 1.54) is 25.7 Å². The van der Waals surface area contributed by atoms with E-state index in [1.54, 1.807) is 14.2 Å². The van der Waals surface area contributed by atoms with Crippen LogP contribution in [0.4, 0.5) is 5.69 Å². The average Bonchev–Trinajstić information content (AvgIpc) is 2.52. The molecule has 0 spiro atoms. The third-order valence-corrected chi connectivity index (χ3v) is 3.78. The number of benzene rings is 1. The van der Waals surface area contributed by atoms with Gasteiger partial charge in [0.25, 0.3) is 0 Å². The summed E-state index contributed by atoms with van der Waals surface area (Å²) >= 11 is 5.34. The van der Waals surface area contributed by atoms with Gasteiger partial charge in [-0.2, -0.15) is 0 Å². The Labute approximate surface area is 139 Å². The molecule has 0 amide bonds. The monoisotopic (exact) mass is 324 g/mol. The Hall–Kier alpha value is -1.49. The highest BCUT2D eigenvalue weighted by Crippen LogP contribution is 2.32. The summed E-state index contributed by atoms with van der Waals surface area (Å²) < 4.78 is 10.7. The molecule has 0 heterocycles. The molecule has 22 heavy (non-hydrogen) atoms. The van der Waals surface area contributed by atoms with E-state index < -0.39 is 0 Å².